The summed E-state index contributed by atoms with van der Waals surface area (Å²) in [7, 11) is 0. The third-order valence-corrected chi connectivity index (χ3v) is 8.06. The van der Waals surface area contributed by atoms with Crippen molar-refractivity contribution in [2.45, 2.75) is 104 Å². The van der Waals surface area contributed by atoms with Gasteiger partial charge >= 0.3 is 0 Å². The van der Waals surface area contributed by atoms with Crippen molar-refractivity contribution in [3.8, 4) is 0 Å². The summed E-state index contributed by atoms with van der Waals surface area (Å²) in [6, 6.07) is 6.47. The van der Waals surface area contributed by atoms with E-state index >= 15 is 0 Å². The van der Waals surface area contributed by atoms with Crippen LogP contribution in [0, 0.1) is 23.7 Å². The summed E-state index contributed by atoms with van der Waals surface area (Å²) in [5.74, 6) is 4.62. The summed E-state index contributed by atoms with van der Waals surface area (Å²) in [6.07, 6.45) is 12.6. The SMILES string of the molecule is CC(C)C1CCC(C)(N(c2ccccn2)C2(C)CCC(C(C)C)CC2)CC1. The van der Waals surface area contributed by atoms with E-state index in [0.717, 1.165) is 23.7 Å². The van der Waals surface area contributed by atoms with Gasteiger partial charge in [-0.25, -0.2) is 4.98 Å². The van der Waals surface area contributed by atoms with Crippen molar-refractivity contribution >= 4 is 5.82 Å². The van der Waals surface area contributed by atoms with Gasteiger partial charge in [0, 0.05) is 17.3 Å². The maximum Gasteiger partial charge on any atom is 0.129 e. The van der Waals surface area contributed by atoms with Gasteiger partial charge in [0.2, 0.25) is 0 Å². The first-order valence-electron chi connectivity index (χ1n) is 11.5. The molecule has 0 radical (unpaired) electrons. The Kier molecular flexibility index (Phi) is 6.23. The van der Waals surface area contributed by atoms with Gasteiger partial charge in [0.05, 0.1) is 0 Å². The lowest BCUT2D eigenvalue weighted by molar-refractivity contribution is 0.133. The van der Waals surface area contributed by atoms with Crippen LogP contribution in [0.4, 0.5) is 5.82 Å². The Hall–Kier alpha value is -1.05. The fourth-order valence-electron chi connectivity index (χ4n) is 6.00. The minimum absolute atomic E-state index is 0.235. The second-order valence-electron chi connectivity index (χ2n) is 10.7. The van der Waals surface area contributed by atoms with Crippen LogP contribution in [0.3, 0.4) is 0 Å². The van der Waals surface area contributed by atoms with Crippen LogP contribution >= 0.6 is 0 Å². The predicted octanol–water partition coefficient (Wildman–Crippen LogP) is 7.10. The number of anilines is 1. The van der Waals surface area contributed by atoms with Gasteiger partial charge in [0.25, 0.3) is 0 Å². The number of rotatable bonds is 5. The van der Waals surface area contributed by atoms with Crippen LogP contribution in [-0.4, -0.2) is 16.1 Å². The number of nitrogens with zero attached hydrogens (tertiary/aromatic N) is 2. The highest BCUT2D eigenvalue weighted by Crippen LogP contribution is 2.48. The van der Waals surface area contributed by atoms with Crippen molar-refractivity contribution in [3.05, 3.63) is 24.4 Å². The van der Waals surface area contributed by atoms with Gasteiger partial charge in [-0.05, 0) is 101 Å². The molecular weight excluding hydrogens is 328 g/mol. The van der Waals surface area contributed by atoms with Crippen LogP contribution in [0.15, 0.2) is 24.4 Å². The molecule has 1 heterocycles. The largest absolute Gasteiger partial charge is 0.346 e. The van der Waals surface area contributed by atoms with Crippen LogP contribution in [0.1, 0.15) is 92.9 Å². The van der Waals surface area contributed by atoms with Crippen LogP contribution in [0.2, 0.25) is 0 Å². The smallest absolute Gasteiger partial charge is 0.129 e. The summed E-state index contributed by atoms with van der Waals surface area (Å²) in [4.78, 5) is 7.64. The standard InChI is InChI=1S/C25H42N2/c1-19(2)21-10-14-24(5,15-11-21)27(23-9-7-8-18-26-23)25(6)16-12-22(13-17-25)20(3)4/h7-9,18-22H,10-17H2,1-6H3. The summed E-state index contributed by atoms with van der Waals surface area (Å²) < 4.78 is 0. The third-order valence-electron chi connectivity index (χ3n) is 8.06. The molecule has 2 saturated carbocycles. The average Bonchev–Trinajstić information content (AvgIpc) is 2.63. The Balaban J connectivity index is 1.87. The fourth-order valence-corrected chi connectivity index (χ4v) is 6.00. The summed E-state index contributed by atoms with van der Waals surface area (Å²) in [5.41, 5.74) is 0.471. The lowest BCUT2D eigenvalue weighted by atomic mass is 9.68. The van der Waals surface area contributed by atoms with Crippen molar-refractivity contribution in [1.82, 2.24) is 4.98 Å². The van der Waals surface area contributed by atoms with E-state index in [2.05, 4.69) is 64.6 Å². The van der Waals surface area contributed by atoms with E-state index in [9.17, 15) is 0 Å². The first kappa shape index (κ1) is 20.7. The average molecular weight is 371 g/mol. The maximum absolute atomic E-state index is 4.85. The second kappa shape index (κ2) is 8.13. The zero-order valence-corrected chi connectivity index (χ0v) is 18.7. The highest BCUT2D eigenvalue weighted by atomic mass is 15.3. The first-order valence-corrected chi connectivity index (χ1v) is 11.5. The summed E-state index contributed by atoms with van der Waals surface area (Å²) in [5, 5.41) is 0. The van der Waals surface area contributed by atoms with Gasteiger partial charge in [0.15, 0.2) is 0 Å². The van der Waals surface area contributed by atoms with Crippen molar-refractivity contribution in [2.75, 3.05) is 4.90 Å². The minimum atomic E-state index is 0.235. The first-order chi connectivity index (χ1) is 12.8. The monoisotopic (exact) mass is 370 g/mol. The highest BCUT2D eigenvalue weighted by molar-refractivity contribution is 5.46. The highest BCUT2D eigenvalue weighted by Gasteiger charge is 2.47. The molecule has 0 spiro atoms. The zero-order chi connectivity index (χ0) is 19.7. The Labute approximate surface area is 168 Å². The van der Waals surface area contributed by atoms with Crippen LogP contribution in [0.5, 0.6) is 0 Å². The van der Waals surface area contributed by atoms with Crippen molar-refractivity contribution in [3.63, 3.8) is 0 Å². The molecule has 2 aliphatic carbocycles. The molecule has 0 amide bonds. The number of hydrogen-bond donors (Lipinski definition) is 0. The molecule has 0 saturated heterocycles. The molecule has 0 aromatic carbocycles. The van der Waals surface area contributed by atoms with Crippen molar-refractivity contribution < 1.29 is 0 Å². The van der Waals surface area contributed by atoms with Crippen molar-refractivity contribution in [2.24, 2.45) is 23.7 Å². The molecule has 3 rings (SSSR count). The van der Waals surface area contributed by atoms with E-state index in [1.54, 1.807) is 0 Å². The third kappa shape index (κ3) is 4.35. The Morgan fingerprint density at radius 1 is 0.815 bits per heavy atom. The molecule has 152 valence electrons. The molecule has 1 aromatic rings. The normalized spacial score (nSPS) is 34.8. The Bertz CT molecular complexity index is 542. The molecule has 0 atom stereocenters. The van der Waals surface area contributed by atoms with Gasteiger partial charge in [-0.3, -0.25) is 0 Å². The van der Waals surface area contributed by atoms with E-state index in [1.165, 1.54) is 57.2 Å². The minimum Gasteiger partial charge on any atom is -0.346 e. The van der Waals surface area contributed by atoms with Gasteiger partial charge < -0.3 is 4.90 Å². The van der Waals surface area contributed by atoms with Crippen LogP contribution < -0.4 is 4.90 Å². The Morgan fingerprint density at radius 2 is 1.26 bits per heavy atom. The number of hydrogen-bond acceptors (Lipinski definition) is 2. The quantitative estimate of drug-likeness (QED) is 0.549. The van der Waals surface area contributed by atoms with E-state index in [4.69, 9.17) is 4.98 Å². The molecule has 2 nitrogen and oxygen atoms in total. The lowest BCUT2D eigenvalue weighted by Gasteiger charge is -2.57. The van der Waals surface area contributed by atoms with Gasteiger partial charge in [0.1, 0.15) is 5.82 Å². The second-order valence-corrected chi connectivity index (χ2v) is 10.7. The van der Waals surface area contributed by atoms with E-state index in [-0.39, 0.29) is 11.1 Å². The Morgan fingerprint density at radius 3 is 1.59 bits per heavy atom. The van der Waals surface area contributed by atoms with Crippen molar-refractivity contribution in [1.29, 1.82) is 0 Å². The molecule has 0 bridgehead atoms. The van der Waals surface area contributed by atoms with Crippen LogP contribution in [0.25, 0.3) is 0 Å². The fraction of sp³-hybridized carbons (Fsp3) is 0.800. The molecule has 1 aromatic heterocycles. The topological polar surface area (TPSA) is 16.1 Å². The van der Waals surface area contributed by atoms with Gasteiger partial charge in [-0.15, -0.1) is 0 Å². The van der Waals surface area contributed by atoms with Gasteiger partial charge in [-0.2, -0.15) is 0 Å². The van der Waals surface area contributed by atoms with Gasteiger partial charge in [-0.1, -0.05) is 33.8 Å². The van der Waals surface area contributed by atoms with E-state index in [1.807, 2.05) is 6.20 Å². The molecule has 2 fully saturated rings. The molecule has 27 heavy (non-hydrogen) atoms. The molecule has 0 unspecified atom stereocenters. The molecular formula is C25H42N2. The molecule has 2 heteroatoms. The summed E-state index contributed by atoms with van der Waals surface area (Å²) in [6.45, 7) is 14.7. The molecule has 0 N–H and O–H groups in total. The zero-order valence-electron chi connectivity index (χ0n) is 18.7. The molecule has 2 aliphatic rings. The lowest BCUT2D eigenvalue weighted by Crippen LogP contribution is -2.61. The summed E-state index contributed by atoms with van der Waals surface area (Å²) >= 11 is 0. The maximum atomic E-state index is 4.85. The number of aromatic nitrogens is 1. The van der Waals surface area contributed by atoms with Crippen LogP contribution in [-0.2, 0) is 0 Å². The predicted molar refractivity (Wildman–Crippen MR) is 117 cm³/mol. The van der Waals surface area contributed by atoms with E-state index < -0.39 is 0 Å². The van der Waals surface area contributed by atoms with E-state index in [0.29, 0.717) is 0 Å². The number of pyridine rings is 1. The molecule has 0 aliphatic heterocycles.